The fourth-order valence-electron chi connectivity index (χ4n) is 3.67. The molecule has 0 saturated carbocycles. The van der Waals surface area contributed by atoms with Crippen LogP contribution in [0.1, 0.15) is 23.3 Å². The number of benzene rings is 1. The molecule has 0 unspecified atom stereocenters. The van der Waals surface area contributed by atoms with E-state index in [1.54, 1.807) is 18.5 Å². The zero-order valence-electron chi connectivity index (χ0n) is 16.1. The lowest BCUT2D eigenvalue weighted by molar-refractivity contribution is 0.102. The monoisotopic (exact) mass is 410 g/mol. The van der Waals surface area contributed by atoms with Crippen LogP contribution in [-0.2, 0) is 9.84 Å². The molecule has 1 aliphatic rings. The molecule has 150 valence electrons. The Balaban J connectivity index is 1.51. The number of sulfone groups is 1. The largest absolute Gasteiger partial charge is 0.371 e. The zero-order valence-corrected chi connectivity index (χ0v) is 16.9. The van der Waals surface area contributed by atoms with E-state index in [2.05, 4.69) is 20.2 Å². The normalized spacial score (nSPS) is 15.4. The number of aromatic nitrogens is 2. The number of carbonyl (C=O) groups is 1. The third kappa shape index (κ3) is 4.22. The van der Waals surface area contributed by atoms with Crippen LogP contribution in [0.25, 0.3) is 10.9 Å². The molecule has 0 radical (unpaired) electrons. The number of hydrogen-bond donors (Lipinski definition) is 1. The number of carbonyl (C=O) groups excluding carboxylic acids is 1. The van der Waals surface area contributed by atoms with E-state index in [0.29, 0.717) is 37.3 Å². The van der Waals surface area contributed by atoms with Crippen molar-refractivity contribution in [2.45, 2.75) is 18.1 Å². The number of para-hydroxylation sites is 1. The van der Waals surface area contributed by atoms with Crippen molar-refractivity contribution < 1.29 is 13.2 Å². The lowest BCUT2D eigenvalue weighted by Crippen LogP contribution is -2.39. The number of pyridine rings is 2. The molecule has 1 amide bonds. The van der Waals surface area contributed by atoms with Gasteiger partial charge in [0.2, 0.25) is 0 Å². The Morgan fingerprint density at radius 3 is 2.59 bits per heavy atom. The molecule has 8 heteroatoms. The smallest absolute Gasteiger partial charge is 0.274 e. The number of amides is 1. The van der Waals surface area contributed by atoms with Crippen LogP contribution in [0.15, 0.2) is 54.9 Å². The molecule has 3 heterocycles. The summed E-state index contributed by atoms with van der Waals surface area (Å²) in [4.78, 5) is 23.4. The molecule has 0 atom stereocenters. The van der Waals surface area contributed by atoms with Gasteiger partial charge in [-0.3, -0.25) is 14.8 Å². The highest BCUT2D eigenvalue weighted by Gasteiger charge is 2.27. The summed E-state index contributed by atoms with van der Waals surface area (Å²) in [7, 11) is -3.01. The minimum absolute atomic E-state index is 0.290. The second-order valence-electron chi connectivity index (χ2n) is 7.25. The van der Waals surface area contributed by atoms with E-state index in [9.17, 15) is 13.2 Å². The van der Waals surface area contributed by atoms with E-state index in [4.69, 9.17) is 0 Å². The number of piperidine rings is 1. The summed E-state index contributed by atoms with van der Waals surface area (Å²) in [6.07, 6.45) is 5.77. The van der Waals surface area contributed by atoms with Gasteiger partial charge in [-0.05, 0) is 37.1 Å². The highest BCUT2D eigenvalue weighted by molar-refractivity contribution is 7.91. The van der Waals surface area contributed by atoms with Gasteiger partial charge in [-0.15, -0.1) is 0 Å². The fourth-order valence-corrected chi connectivity index (χ4v) is 4.74. The minimum Gasteiger partial charge on any atom is -0.371 e. The van der Waals surface area contributed by atoms with E-state index in [1.807, 2.05) is 36.4 Å². The average Bonchev–Trinajstić information content (AvgIpc) is 2.73. The first kappa shape index (κ1) is 19.3. The summed E-state index contributed by atoms with van der Waals surface area (Å²) in [5.74, 6) is -0.309. The van der Waals surface area contributed by atoms with Gasteiger partial charge in [0.15, 0.2) is 0 Å². The predicted octanol–water partition coefficient (Wildman–Crippen LogP) is 2.90. The quantitative estimate of drug-likeness (QED) is 0.711. The van der Waals surface area contributed by atoms with Crippen LogP contribution < -0.4 is 10.2 Å². The summed E-state index contributed by atoms with van der Waals surface area (Å²) in [6.45, 7) is 1.27. The first-order chi connectivity index (χ1) is 13.9. The SMILES string of the molecule is CS(=O)(=O)C1CCN(c2ccnc(C(=O)Nc3cccc4cccnc34)c2)CC1. The Kier molecular flexibility index (Phi) is 5.19. The Hall–Kier alpha value is -3.00. The van der Waals surface area contributed by atoms with Gasteiger partial charge in [-0.1, -0.05) is 18.2 Å². The van der Waals surface area contributed by atoms with Gasteiger partial charge in [-0.2, -0.15) is 0 Å². The average molecular weight is 410 g/mol. The minimum atomic E-state index is -3.01. The Labute approximate surface area is 169 Å². The maximum Gasteiger partial charge on any atom is 0.274 e. The van der Waals surface area contributed by atoms with Crippen molar-refractivity contribution in [2.75, 3.05) is 29.6 Å². The van der Waals surface area contributed by atoms with Crippen molar-refractivity contribution in [3.8, 4) is 0 Å². The van der Waals surface area contributed by atoms with Crippen LogP contribution in [0.4, 0.5) is 11.4 Å². The molecule has 4 rings (SSSR count). The molecule has 1 aromatic carbocycles. The molecule has 1 fully saturated rings. The standard InChI is InChI=1S/C21H22N4O3S/c1-29(27,28)17-8-12-25(13-9-17)16-7-11-22-19(14-16)21(26)24-18-6-2-4-15-5-3-10-23-20(15)18/h2-7,10-11,14,17H,8-9,12-13H2,1H3,(H,24,26). The van der Waals surface area contributed by atoms with Crippen molar-refractivity contribution in [3.05, 3.63) is 60.6 Å². The Morgan fingerprint density at radius 2 is 1.83 bits per heavy atom. The molecule has 7 nitrogen and oxygen atoms in total. The highest BCUT2D eigenvalue weighted by atomic mass is 32.2. The lowest BCUT2D eigenvalue weighted by Gasteiger charge is -2.32. The van der Waals surface area contributed by atoms with Crippen molar-refractivity contribution in [2.24, 2.45) is 0 Å². The molecule has 2 aromatic heterocycles. The van der Waals surface area contributed by atoms with Crippen LogP contribution in [0, 0.1) is 0 Å². The molecule has 1 N–H and O–H groups in total. The summed E-state index contributed by atoms with van der Waals surface area (Å²) >= 11 is 0. The summed E-state index contributed by atoms with van der Waals surface area (Å²) in [5.41, 5.74) is 2.53. The van der Waals surface area contributed by atoms with E-state index in [1.165, 1.54) is 6.26 Å². The van der Waals surface area contributed by atoms with E-state index < -0.39 is 9.84 Å². The van der Waals surface area contributed by atoms with Gasteiger partial charge in [0, 0.05) is 42.8 Å². The number of rotatable bonds is 4. The number of hydrogen-bond acceptors (Lipinski definition) is 6. The third-order valence-corrected chi connectivity index (χ3v) is 6.95. The van der Waals surface area contributed by atoms with Gasteiger partial charge in [0.1, 0.15) is 15.5 Å². The number of nitrogens with one attached hydrogen (secondary N) is 1. The molecule has 0 bridgehead atoms. The second-order valence-corrected chi connectivity index (χ2v) is 9.58. The highest BCUT2D eigenvalue weighted by Crippen LogP contribution is 2.24. The van der Waals surface area contributed by atoms with Gasteiger partial charge in [0.05, 0.1) is 16.5 Å². The molecule has 1 saturated heterocycles. The number of fused-ring (bicyclic) bond motifs is 1. The van der Waals surface area contributed by atoms with Crippen molar-refractivity contribution >= 4 is 38.0 Å². The van der Waals surface area contributed by atoms with Crippen LogP contribution >= 0.6 is 0 Å². The summed E-state index contributed by atoms with van der Waals surface area (Å²) in [6, 6.07) is 13.0. The first-order valence-corrected chi connectivity index (χ1v) is 11.4. The van der Waals surface area contributed by atoms with Crippen molar-refractivity contribution in [1.82, 2.24) is 9.97 Å². The van der Waals surface area contributed by atoms with E-state index in [0.717, 1.165) is 16.6 Å². The fraction of sp³-hybridized carbons (Fsp3) is 0.286. The topological polar surface area (TPSA) is 92.3 Å². The van der Waals surface area contributed by atoms with Crippen molar-refractivity contribution in [1.29, 1.82) is 0 Å². The molecular weight excluding hydrogens is 388 g/mol. The van der Waals surface area contributed by atoms with Crippen LogP contribution in [-0.4, -0.2) is 48.9 Å². The van der Waals surface area contributed by atoms with Gasteiger partial charge < -0.3 is 10.2 Å². The maximum absolute atomic E-state index is 12.8. The summed E-state index contributed by atoms with van der Waals surface area (Å²) < 4.78 is 23.5. The Morgan fingerprint density at radius 1 is 1.07 bits per heavy atom. The van der Waals surface area contributed by atoms with Crippen LogP contribution in [0.2, 0.25) is 0 Å². The maximum atomic E-state index is 12.8. The summed E-state index contributed by atoms with van der Waals surface area (Å²) in [5, 5.41) is 3.55. The van der Waals surface area contributed by atoms with Gasteiger partial charge >= 0.3 is 0 Å². The lowest BCUT2D eigenvalue weighted by atomic mass is 10.1. The van der Waals surface area contributed by atoms with Crippen LogP contribution in [0.5, 0.6) is 0 Å². The zero-order chi connectivity index (χ0) is 20.4. The van der Waals surface area contributed by atoms with Crippen LogP contribution in [0.3, 0.4) is 0 Å². The van der Waals surface area contributed by atoms with Gasteiger partial charge in [0.25, 0.3) is 5.91 Å². The molecule has 29 heavy (non-hydrogen) atoms. The van der Waals surface area contributed by atoms with E-state index >= 15 is 0 Å². The van der Waals surface area contributed by atoms with E-state index in [-0.39, 0.29) is 11.2 Å². The molecular formula is C21H22N4O3S. The number of anilines is 2. The predicted molar refractivity (Wildman–Crippen MR) is 114 cm³/mol. The number of nitrogens with zero attached hydrogens (tertiary/aromatic N) is 3. The molecule has 3 aromatic rings. The van der Waals surface area contributed by atoms with Crippen molar-refractivity contribution in [3.63, 3.8) is 0 Å². The molecule has 1 aliphatic heterocycles. The molecule has 0 aliphatic carbocycles. The Bertz CT molecular complexity index is 1150. The third-order valence-electron chi connectivity index (χ3n) is 5.27. The molecule has 0 spiro atoms. The second kappa shape index (κ2) is 7.79. The first-order valence-electron chi connectivity index (χ1n) is 9.47. The van der Waals surface area contributed by atoms with Gasteiger partial charge in [-0.25, -0.2) is 8.42 Å².